The summed E-state index contributed by atoms with van der Waals surface area (Å²) in [7, 11) is -3.71. The summed E-state index contributed by atoms with van der Waals surface area (Å²) in [4.78, 5) is 13.6. The minimum atomic E-state index is -3.71. The molecule has 1 unspecified atom stereocenters. The number of nitrogens with zero attached hydrogens (tertiary/aromatic N) is 1. The average molecular weight is 372 g/mol. The Labute approximate surface area is 148 Å². The fourth-order valence-electron chi connectivity index (χ4n) is 2.68. The number of likely N-dealkylation sites (tertiary alicyclic amines) is 1. The van der Waals surface area contributed by atoms with E-state index < -0.39 is 39.3 Å². The zero-order chi connectivity index (χ0) is 18.7. The van der Waals surface area contributed by atoms with E-state index in [1.807, 2.05) is 0 Å². The number of hydrogen-bond acceptors (Lipinski definition) is 4. The number of piperidine rings is 1. The molecule has 0 spiro atoms. The molecule has 2 rings (SSSR count). The molecular formula is C17H25FN2O4S. The van der Waals surface area contributed by atoms with Gasteiger partial charge >= 0.3 is 6.09 Å². The van der Waals surface area contributed by atoms with Gasteiger partial charge in [-0.15, -0.1) is 0 Å². The van der Waals surface area contributed by atoms with Gasteiger partial charge in [0.2, 0.25) is 10.0 Å². The Bertz CT molecular complexity index is 716. The van der Waals surface area contributed by atoms with Gasteiger partial charge in [0.1, 0.15) is 11.4 Å². The van der Waals surface area contributed by atoms with E-state index in [1.165, 1.54) is 23.1 Å². The molecule has 1 aliphatic rings. The van der Waals surface area contributed by atoms with Gasteiger partial charge in [-0.3, -0.25) is 0 Å². The summed E-state index contributed by atoms with van der Waals surface area (Å²) in [6.45, 7) is 6.11. The Morgan fingerprint density at radius 3 is 2.68 bits per heavy atom. The van der Waals surface area contributed by atoms with Crippen LogP contribution in [0.2, 0.25) is 0 Å². The smallest absolute Gasteiger partial charge is 0.410 e. The van der Waals surface area contributed by atoms with Gasteiger partial charge in [-0.1, -0.05) is 18.2 Å². The minimum Gasteiger partial charge on any atom is -0.444 e. The maximum Gasteiger partial charge on any atom is 0.410 e. The van der Waals surface area contributed by atoms with E-state index >= 15 is 0 Å². The molecule has 6 nitrogen and oxygen atoms in total. The molecule has 25 heavy (non-hydrogen) atoms. The maximum atomic E-state index is 13.7. The van der Waals surface area contributed by atoms with E-state index in [1.54, 1.807) is 26.8 Å². The van der Waals surface area contributed by atoms with Crippen LogP contribution in [0.3, 0.4) is 0 Å². The number of benzene rings is 1. The molecule has 1 heterocycles. The first-order valence-corrected chi connectivity index (χ1v) is 9.92. The monoisotopic (exact) mass is 372 g/mol. The lowest BCUT2D eigenvalue weighted by Crippen LogP contribution is -2.50. The van der Waals surface area contributed by atoms with Gasteiger partial charge in [-0.25, -0.2) is 22.3 Å². The second-order valence-corrected chi connectivity index (χ2v) is 8.99. The van der Waals surface area contributed by atoms with E-state index in [0.717, 1.165) is 0 Å². The fourth-order valence-corrected chi connectivity index (χ4v) is 4.11. The van der Waals surface area contributed by atoms with Crippen molar-refractivity contribution in [3.8, 4) is 0 Å². The summed E-state index contributed by atoms with van der Waals surface area (Å²) in [5.41, 5.74) is -0.483. The van der Waals surface area contributed by atoms with Crippen LogP contribution < -0.4 is 4.72 Å². The van der Waals surface area contributed by atoms with Crippen LogP contribution in [0.5, 0.6) is 0 Å². The van der Waals surface area contributed by atoms with Crippen LogP contribution >= 0.6 is 0 Å². The number of ether oxygens (including phenoxy) is 1. The maximum absolute atomic E-state index is 13.7. The zero-order valence-corrected chi connectivity index (χ0v) is 15.6. The molecule has 0 radical (unpaired) electrons. The standard InChI is InChI=1S/C17H25FN2O4S/c1-17(2,3)24-16(21)20-10-6-8-14(11-20)19-25(22,23)12-13-7-4-5-9-15(13)18/h4-5,7,9,14,19H,6,8,10-12H2,1-3H3. The van der Waals surface area contributed by atoms with E-state index in [-0.39, 0.29) is 12.1 Å². The molecule has 1 fully saturated rings. The number of nitrogens with one attached hydrogen (secondary N) is 1. The third kappa shape index (κ3) is 6.28. The normalized spacial score (nSPS) is 18.9. The van der Waals surface area contributed by atoms with Crippen LogP contribution in [0.25, 0.3) is 0 Å². The molecule has 8 heteroatoms. The number of amides is 1. The molecule has 1 aromatic rings. The first-order valence-electron chi connectivity index (χ1n) is 8.27. The topological polar surface area (TPSA) is 75.7 Å². The zero-order valence-electron chi connectivity index (χ0n) is 14.8. The van der Waals surface area contributed by atoms with Gasteiger partial charge < -0.3 is 9.64 Å². The third-order valence-corrected chi connectivity index (χ3v) is 5.11. The van der Waals surface area contributed by atoms with Crippen molar-refractivity contribution in [1.29, 1.82) is 0 Å². The molecule has 140 valence electrons. The molecule has 0 aromatic heterocycles. The van der Waals surface area contributed by atoms with Gasteiger partial charge in [0.25, 0.3) is 0 Å². The van der Waals surface area contributed by atoms with Crippen molar-refractivity contribution in [1.82, 2.24) is 9.62 Å². The highest BCUT2D eigenvalue weighted by Crippen LogP contribution is 2.17. The summed E-state index contributed by atoms with van der Waals surface area (Å²) in [6.07, 6.45) is 0.840. The quantitative estimate of drug-likeness (QED) is 0.882. The van der Waals surface area contributed by atoms with Crippen molar-refractivity contribution in [2.45, 2.75) is 51.0 Å². The first-order chi connectivity index (χ1) is 11.6. The van der Waals surface area contributed by atoms with E-state index in [9.17, 15) is 17.6 Å². The Balaban J connectivity index is 1.97. The average Bonchev–Trinajstić information content (AvgIpc) is 2.47. The molecule has 1 aromatic carbocycles. The lowest BCUT2D eigenvalue weighted by molar-refractivity contribution is 0.0195. The molecule has 1 N–H and O–H groups in total. The molecular weight excluding hydrogens is 347 g/mol. The predicted octanol–water partition coefficient (Wildman–Crippen LogP) is 2.64. The number of halogens is 1. The molecule has 0 bridgehead atoms. The molecule has 0 saturated carbocycles. The fraction of sp³-hybridized carbons (Fsp3) is 0.588. The molecule has 0 aliphatic carbocycles. The van der Waals surface area contributed by atoms with Crippen molar-refractivity contribution in [2.75, 3.05) is 13.1 Å². The van der Waals surface area contributed by atoms with Crippen molar-refractivity contribution >= 4 is 16.1 Å². The highest BCUT2D eigenvalue weighted by molar-refractivity contribution is 7.88. The van der Waals surface area contributed by atoms with Crippen molar-refractivity contribution in [3.05, 3.63) is 35.6 Å². The second-order valence-electron chi connectivity index (χ2n) is 7.23. The van der Waals surface area contributed by atoms with Gasteiger partial charge in [0.15, 0.2) is 0 Å². The first kappa shape index (κ1) is 19.7. The lowest BCUT2D eigenvalue weighted by atomic mass is 10.1. The number of carbonyl (C=O) groups is 1. The molecule has 1 aliphatic heterocycles. The van der Waals surface area contributed by atoms with Gasteiger partial charge in [-0.05, 0) is 39.7 Å². The minimum absolute atomic E-state index is 0.120. The summed E-state index contributed by atoms with van der Waals surface area (Å²) in [5.74, 6) is -0.977. The number of carbonyl (C=O) groups excluding carboxylic acids is 1. The Morgan fingerprint density at radius 2 is 2.04 bits per heavy atom. The van der Waals surface area contributed by atoms with Gasteiger partial charge in [0.05, 0.1) is 5.75 Å². The molecule has 1 saturated heterocycles. The summed E-state index contributed by atoms with van der Waals surface area (Å²) in [5, 5.41) is 0. The van der Waals surface area contributed by atoms with Crippen LogP contribution in [0.4, 0.5) is 9.18 Å². The highest BCUT2D eigenvalue weighted by atomic mass is 32.2. The number of hydrogen-bond donors (Lipinski definition) is 1. The van der Waals surface area contributed by atoms with E-state index in [2.05, 4.69) is 4.72 Å². The van der Waals surface area contributed by atoms with Crippen LogP contribution in [0, 0.1) is 5.82 Å². The van der Waals surface area contributed by atoms with Gasteiger partial charge in [-0.2, -0.15) is 0 Å². The molecule has 1 amide bonds. The number of rotatable bonds is 4. The lowest BCUT2D eigenvalue weighted by Gasteiger charge is -2.34. The summed E-state index contributed by atoms with van der Waals surface area (Å²) < 4.78 is 46.2. The third-order valence-electron chi connectivity index (χ3n) is 3.72. The highest BCUT2D eigenvalue weighted by Gasteiger charge is 2.29. The van der Waals surface area contributed by atoms with Crippen LogP contribution in [-0.2, 0) is 20.5 Å². The largest absolute Gasteiger partial charge is 0.444 e. The van der Waals surface area contributed by atoms with E-state index in [0.29, 0.717) is 19.4 Å². The predicted molar refractivity (Wildman–Crippen MR) is 93.0 cm³/mol. The summed E-state index contributed by atoms with van der Waals surface area (Å²) >= 11 is 0. The van der Waals surface area contributed by atoms with Crippen molar-refractivity contribution in [2.24, 2.45) is 0 Å². The second kappa shape index (κ2) is 7.70. The van der Waals surface area contributed by atoms with Crippen LogP contribution in [-0.4, -0.2) is 44.1 Å². The SMILES string of the molecule is CC(C)(C)OC(=O)N1CCCC(NS(=O)(=O)Cc2ccccc2F)C1. The Hall–Kier alpha value is -1.67. The van der Waals surface area contributed by atoms with Crippen molar-refractivity contribution < 1.29 is 22.3 Å². The number of sulfonamides is 1. The molecule has 1 atom stereocenters. The Kier molecular flexibility index (Phi) is 6.05. The van der Waals surface area contributed by atoms with Crippen molar-refractivity contribution in [3.63, 3.8) is 0 Å². The van der Waals surface area contributed by atoms with E-state index in [4.69, 9.17) is 4.74 Å². The van der Waals surface area contributed by atoms with Gasteiger partial charge in [0, 0.05) is 24.7 Å². The Morgan fingerprint density at radius 1 is 1.36 bits per heavy atom. The van der Waals surface area contributed by atoms with Crippen LogP contribution in [0.15, 0.2) is 24.3 Å². The van der Waals surface area contributed by atoms with Crippen LogP contribution in [0.1, 0.15) is 39.2 Å². The summed E-state index contributed by atoms with van der Waals surface area (Å²) in [6, 6.07) is 5.38.